The van der Waals surface area contributed by atoms with Gasteiger partial charge in [-0.25, -0.2) is 18.2 Å². The number of alkyl carbamates (subject to hydrolysis) is 1. The summed E-state index contributed by atoms with van der Waals surface area (Å²) in [5, 5.41) is 6.86. The lowest BCUT2D eigenvalue weighted by atomic mass is 9.65. The van der Waals surface area contributed by atoms with Crippen LogP contribution in [0, 0.1) is 5.92 Å². The van der Waals surface area contributed by atoms with E-state index < -0.39 is 73.3 Å². The van der Waals surface area contributed by atoms with Gasteiger partial charge in [0, 0.05) is 42.9 Å². The molecular formula is C44H60N6O9S. The van der Waals surface area contributed by atoms with Gasteiger partial charge >= 0.3 is 6.09 Å². The Morgan fingerprint density at radius 1 is 1.03 bits per heavy atom. The van der Waals surface area contributed by atoms with Crippen molar-refractivity contribution >= 4 is 44.7 Å². The molecule has 6 aliphatic rings. The van der Waals surface area contributed by atoms with Gasteiger partial charge in [0.25, 0.3) is 5.91 Å². The molecule has 1 spiro atoms. The molecule has 4 fully saturated rings. The lowest BCUT2D eigenvalue weighted by molar-refractivity contribution is -0.144. The molecule has 60 heavy (non-hydrogen) atoms. The number of nitrogens with zero attached hydrogens (tertiary/aromatic N) is 3. The molecule has 1 aromatic heterocycles. The number of amides is 4. The van der Waals surface area contributed by atoms with Crippen LogP contribution in [-0.2, 0) is 46.8 Å². The molecule has 1 aromatic carbocycles. The molecule has 15 nitrogen and oxygen atoms in total. The Labute approximate surface area is 352 Å². The molecule has 5 atom stereocenters. The normalized spacial score (nSPS) is 29.7. The number of rotatable bonds is 6. The lowest BCUT2D eigenvalue weighted by Crippen LogP contribution is -2.70. The molecular weight excluding hydrogens is 789 g/mol. The zero-order valence-electron chi connectivity index (χ0n) is 35.3. The monoisotopic (exact) mass is 848 g/mol. The highest BCUT2D eigenvalue weighted by molar-refractivity contribution is 7.91. The van der Waals surface area contributed by atoms with Crippen molar-refractivity contribution in [3.63, 3.8) is 0 Å². The number of allylic oxidation sites excluding steroid dienone is 1. The molecule has 3 N–H and O–H groups in total. The van der Waals surface area contributed by atoms with E-state index in [2.05, 4.69) is 20.3 Å². The van der Waals surface area contributed by atoms with Crippen molar-refractivity contribution in [1.82, 2.24) is 30.1 Å². The molecule has 0 radical (unpaired) electrons. The largest absolute Gasteiger partial charge is 0.483 e. The average molecular weight is 849 g/mol. The lowest BCUT2D eigenvalue weighted by Gasteiger charge is -2.48. The number of fused-ring (bicyclic) bond motifs is 5. The number of aromatic nitrogens is 1. The second-order valence-corrected chi connectivity index (χ2v) is 21.2. The first-order valence-electron chi connectivity index (χ1n) is 21.8. The van der Waals surface area contributed by atoms with E-state index >= 15 is 0 Å². The van der Waals surface area contributed by atoms with Gasteiger partial charge in [-0.1, -0.05) is 43.2 Å². The van der Waals surface area contributed by atoms with Gasteiger partial charge in [-0.3, -0.25) is 24.0 Å². The summed E-state index contributed by atoms with van der Waals surface area (Å²) in [7, 11) is -4.01. The number of carbonyl (C=O) groups excluding carboxylic acids is 4. The number of benzene rings is 1. The Balaban J connectivity index is 1.16. The van der Waals surface area contributed by atoms with Crippen LogP contribution in [0.4, 0.5) is 4.79 Å². The Morgan fingerprint density at radius 3 is 2.52 bits per heavy atom. The first kappa shape index (κ1) is 42.4. The summed E-state index contributed by atoms with van der Waals surface area (Å²) in [5.41, 5.74) is -0.676. The minimum absolute atomic E-state index is 0.0505. The first-order valence-corrected chi connectivity index (χ1v) is 23.2. The van der Waals surface area contributed by atoms with Gasteiger partial charge in [0.1, 0.15) is 34.6 Å². The fraction of sp³-hybridized carbons (Fsp3) is 0.659. The number of pyridine rings is 1. The van der Waals surface area contributed by atoms with Crippen LogP contribution >= 0.6 is 0 Å². The van der Waals surface area contributed by atoms with E-state index in [0.717, 1.165) is 48.1 Å². The van der Waals surface area contributed by atoms with E-state index in [1.54, 1.807) is 27.7 Å². The number of nitrogens with one attached hydrogen (secondary N) is 3. The predicted molar refractivity (Wildman–Crippen MR) is 223 cm³/mol. The second kappa shape index (κ2) is 16.2. The van der Waals surface area contributed by atoms with Crippen LogP contribution in [0.2, 0.25) is 0 Å². The fourth-order valence-electron chi connectivity index (χ4n) is 9.45. The van der Waals surface area contributed by atoms with Crippen molar-refractivity contribution in [2.75, 3.05) is 32.8 Å². The summed E-state index contributed by atoms with van der Waals surface area (Å²) in [5.74, 6) is -1.58. The van der Waals surface area contributed by atoms with Crippen molar-refractivity contribution in [2.24, 2.45) is 5.92 Å². The van der Waals surface area contributed by atoms with Crippen molar-refractivity contribution in [3.8, 4) is 5.75 Å². The molecule has 2 aromatic rings. The smallest absolute Gasteiger partial charge is 0.408 e. The average Bonchev–Trinajstić information content (AvgIpc) is 3.86. The third-order valence-electron chi connectivity index (χ3n) is 13.4. The Kier molecular flexibility index (Phi) is 11.5. The maximum absolute atomic E-state index is 15.0. The zero-order chi connectivity index (χ0) is 42.5. The Hall–Kier alpha value is -4.28. The van der Waals surface area contributed by atoms with Gasteiger partial charge < -0.3 is 29.7 Å². The van der Waals surface area contributed by atoms with Gasteiger partial charge in [-0.2, -0.15) is 0 Å². The van der Waals surface area contributed by atoms with Crippen molar-refractivity contribution in [1.29, 1.82) is 0 Å². The third-order valence-corrected chi connectivity index (χ3v) is 15.6. The molecule has 2 saturated carbocycles. The quantitative estimate of drug-likeness (QED) is 0.350. The van der Waals surface area contributed by atoms with Crippen LogP contribution in [0.3, 0.4) is 0 Å². The van der Waals surface area contributed by atoms with Crippen LogP contribution in [0.1, 0.15) is 110 Å². The number of ether oxygens (including phenoxy) is 3. The maximum Gasteiger partial charge on any atom is 0.408 e. The van der Waals surface area contributed by atoms with Gasteiger partial charge in [0.2, 0.25) is 21.8 Å². The summed E-state index contributed by atoms with van der Waals surface area (Å²) in [6.07, 6.45) is 9.34. The third kappa shape index (κ3) is 8.48. The number of carbonyl (C=O) groups is 4. The van der Waals surface area contributed by atoms with Crippen LogP contribution < -0.4 is 20.1 Å². The van der Waals surface area contributed by atoms with Gasteiger partial charge in [-0.05, 0) is 91.5 Å². The number of sulfonamides is 1. The van der Waals surface area contributed by atoms with Gasteiger partial charge in [-0.15, -0.1) is 0 Å². The van der Waals surface area contributed by atoms with Crippen LogP contribution in [0.5, 0.6) is 5.75 Å². The maximum atomic E-state index is 15.0. The molecule has 326 valence electrons. The standard InChI is InChI=1S/C44H60N6O9S/c1-41(2,3)59-40(54)46-33-15-9-7-5-6-8-12-29-16-19-44(29,39(53)48-60(55,56)42(4)20-21-42)47-37(51)35-26-43(28-50(35)38(33)52)18-17-31-30-13-10-11-14-32(30)45-34(36(31)58-43)27-49-22-24-57-25-23-49/h8,10-14,29,33,35H,5-7,9,15-28H2,1-4H3,(H,46,54)(H,47,51)(H,48,53). The number of para-hydroxylation sites is 1. The van der Waals surface area contributed by atoms with Gasteiger partial charge in [0.15, 0.2) is 0 Å². The molecule has 2 aliphatic carbocycles. The molecule has 2 saturated heterocycles. The van der Waals surface area contributed by atoms with Crippen LogP contribution in [0.15, 0.2) is 36.4 Å². The molecule has 4 amide bonds. The SMILES string of the molecule is CC(C)(C)OC(=O)NC1CCCCCC=CC2CCC2(C(=O)NS(=O)(=O)C2(C)CC2)NC(=O)C2CC3(CCc4c(c(CN5CCOCC5)nc5ccccc45)O3)CN2C1=O. The molecule has 5 heterocycles. The van der Waals surface area contributed by atoms with E-state index in [-0.39, 0.29) is 19.4 Å². The molecule has 8 rings (SSSR count). The second-order valence-electron chi connectivity index (χ2n) is 19.0. The van der Waals surface area contributed by atoms with E-state index in [1.807, 2.05) is 36.4 Å². The summed E-state index contributed by atoms with van der Waals surface area (Å²) in [6.45, 7) is 10.2. The predicted octanol–water partition coefficient (Wildman–Crippen LogP) is 4.41. The fourth-order valence-corrected chi connectivity index (χ4v) is 10.8. The van der Waals surface area contributed by atoms with Crippen LogP contribution in [-0.4, -0.2) is 113 Å². The number of hydrogen-bond acceptors (Lipinski definition) is 11. The van der Waals surface area contributed by atoms with Gasteiger partial charge in [0.05, 0.1) is 35.7 Å². The highest BCUT2D eigenvalue weighted by atomic mass is 32.2. The Morgan fingerprint density at radius 2 is 1.80 bits per heavy atom. The number of aryl methyl sites for hydroxylation is 1. The molecule has 5 unspecified atom stereocenters. The van der Waals surface area contributed by atoms with Crippen molar-refractivity contribution in [2.45, 2.75) is 145 Å². The van der Waals surface area contributed by atoms with E-state index in [9.17, 15) is 27.6 Å². The topological polar surface area (TPSA) is 186 Å². The van der Waals surface area contributed by atoms with E-state index in [4.69, 9.17) is 19.2 Å². The summed E-state index contributed by atoms with van der Waals surface area (Å²) < 4.78 is 46.5. The minimum atomic E-state index is -4.01. The highest BCUT2D eigenvalue weighted by Crippen LogP contribution is 2.47. The van der Waals surface area contributed by atoms with E-state index in [0.29, 0.717) is 76.9 Å². The molecule has 4 aliphatic heterocycles. The molecule has 16 heteroatoms. The summed E-state index contributed by atoms with van der Waals surface area (Å²) in [4.78, 5) is 66.4. The van der Waals surface area contributed by atoms with E-state index in [1.165, 1.54) is 4.90 Å². The number of morpholine rings is 1. The minimum Gasteiger partial charge on any atom is -0.483 e. The van der Waals surface area contributed by atoms with Crippen LogP contribution in [0.25, 0.3) is 10.9 Å². The zero-order valence-corrected chi connectivity index (χ0v) is 36.2. The Bertz CT molecular complexity index is 2160. The summed E-state index contributed by atoms with van der Waals surface area (Å²) in [6, 6.07) is 5.89. The summed E-state index contributed by atoms with van der Waals surface area (Å²) >= 11 is 0. The number of hydrogen-bond donors (Lipinski definition) is 3. The highest BCUT2D eigenvalue weighted by Gasteiger charge is 2.59. The molecule has 0 bridgehead atoms. The van der Waals surface area contributed by atoms with Crippen molar-refractivity contribution in [3.05, 3.63) is 47.7 Å². The van der Waals surface area contributed by atoms with Crippen molar-refractivity contribution < 1.29 is 41.8 Å². The first-order chi connectivity index (χ1) is 28.5.